The minimum absolute atomic E-state index is 0.971. The van der Waals surface area contributed by atoms with Gasteiger partial charge >= 0.3 is 0 Å². The van der Waals surface area contributed by atoms with Gasteiger partial charge in [0.2, 0.25) is 11.0 Å². The molecule has 1 aliphatic rings. The maximum Gasteiger partial charge on any atom is 0.209 e. The van der Waals surface area contributed by atoms with Crippen LogP contribution < -0.4 is 15.2 Å². The van der Waals surface area contributed by atoms with Crippen LogP contribution in [0.5, 0.6) is 0 Å². The lowest BCUT2D eigenvalue weighted by molar-refractivity contribution is 0.394. The van der Waals surface area contributed by atoms with Crippen LogP contribution in [-0.4, -0.2) is 32.1 Å². The highest BCUT2D eigenvalue weighted by atomic mass is 15.1. The molecule has 5 rings (SSSR count). The van der Waals surface area contributed by atoms with Crippen molar-refractivity contribution in [2.45, 2.75) is 54.4 Å². The number of fused-ring (bicyclic) bond motifs is 2. The van der Waals surface area contributed by atoms with Gasteiger partial charge in [-0.15, -0.1) is 0 Å². The highest BCUT2D eigenvalue weighted by molar-refractivity contribution is 5.79. The molecule has 1 heterocycles. The van der Waals surface area contributed by atoms with Gasteiger partial charge in [0.05, 0.1) is 0 Å². The molecule has 0 radical (unpaired) electrons. The number of rotatable bonds is 6. The molecule has 0 spiro atoms. The van der Waals surface area contributed by atoms with Crippen molar-refractivity contribution in [3.05, 3.63) is 135 Å². The van der Waals surface area contributed by atoms with E-state index in [0.29, 0.717) is 0 Å². The monoisotopic (exact) mass is 519 g/mol. The number of nitrogens with zero attached hydrogens (tertiary/aromatic N) is 2. The van der Waals surface area contributed by atoms with E-state index in [9.17, 15) is 0 Å². The molecule has 204 valence electrons. The number of hydrogen-bond donors (Lipinski definition) is 0. The molecule has 0 aromatic heterocycles. The minimum Gasteiger partial charge on any atom is -0.309 e. The Bertz CT molecular complexity index is 1410. The van der Waals surface area contributed by atoms with Crippen molar-refractivity contribution >= 4 is 11.3 Å². The molecule has 39 heavy (non-hydrogen) atoms. The summed E-state index contributed by atoms with van der Waals surface area (Å²) >= 11 is 0. The average Bonchev–Trinajstić information content (AvgIpc) is 2.97. The van der Waals surface area contributed by atoms with E-state index in [1.54, 1.807) is 0 Å². The van der Waals surface area contributed by atoms with Crippen LogP contribution in [0.3, 0.4) is 0 Å². The fourth-order valence-electron chi connectivity index (χ4n) is 5.13. The topological polar surface area (TPSA) is 6.25 Å². The lowest BCUT2D eigenvalue weighted by atomic mass is 9.92. The zero-order chi connectivity index (χ0) is 28.4. The summed E-state index contributed by atoms with van der Waals surface area (Å²) in [5.41, 5.74) is 10.6. The second-order valence-corrected chi connectivity index (χ2v) is 10.1. The van der Waals surface area contributed by atoms with Gasteiger partial charge in [-0.05, 0) is 62.0 Å². The second-order valence-electron chi connectivity index (χ2n) is 10.1. The van der Waals surface area contributed by atoms with Crippen LogP contribution in [0.2, 0.25) is 0 Å². The SMILES string of the molecule is CC.CC.Cc1ccc(C(c2ccc(C)cc2)=c2ccc3c(c2)Cc2ccccc2[N+]=3CCCN(C)C)cc1. The Morgan fingerprint density at radius 2 is 1.26 bits per heavy atom. The van der Waals surface area contributed by atoms with Crippen molar-refractivity contribution < 1.29 is 0 Å². The van der Waals surface area contributed by atoms with Crippen LogP contribution in [-0.2, 0) is 6.42 Å². The standard InChI is InChI=1S/C33H35N2.2C2H6/c1-24-10-14-26(15-11-24)33(27-16-12-25(2)13-17-27)29-18-19-32-30(23-29)22-28-8-5-6-9-31(28)35(32)21-7-20-34(3)4;2*1-2/h5-6,8-19,23H,7,20-22H2,1-4H3;2*1-2H3/q+1;;. The van der Waals surface area contributed by atoms with Gasteiger partial charge in [0, 0.05) is 42.6 Å². The Morgan fingerprint density at radius 3 is 1.82 bits per heavy atom. The van der Waals surface area contributed by atoms with Crippen LogP contribution in [0.1, 0.15) is 67.5 Å². The minimum atomic E-state index is 0.971. The van der Waals surface area contributed by atoms with Gasteiger partial charge in [0.25, 0.3) is 0 Å². The number of benzene rings is 4. The van der Waals surface area contributed by atoms with E-state index in [0.717, 1.165) is 25.9 Å². The van der Waals surface area contributed by atoms with Crippen molar-refractivity contribution in [1.82, 2.24) is 9.48 Å². The fourth-order valence-corrected chi connectivity index (χ4v) is 5.13. The van der Waals surface area contributed by atoms with Gasteiger partial charge in [-0.2, -0.15) is 4.58 Å². The van der Waals surface area contributed by atoms with E-state index in [1.165, 1.54) is 55.2 Å². The number of aryl methyl sites for hydroxylation is 2. The summed E-state index contributed by atoms with van der Waals surface area (Å²) in [6.45, 7) is 14.4. The van der Waals surface area contributed by atoms with Gasteiger partial charge in [-0.25, -0.2) is 0 Å². The molecule has 0 N–H and O–H groups in total. The normalized spacial score (nSPS) is 11.5. The molecule has 0 bridgehead atoms. The van der Waals surface area contributed by atoms with E-state index in [1.807, 2.05) is 27.7 Å². The van der Waals surface area contributed by atoms with E-state index < -0.39 is 0 Å². The zero-order valence-electron chi connectivity index (χ0n) is 25.4. The predicted octanol–water partition coefficient (Wildman–Crippen LogP) is 7.28. The molecule has 0 fully saturated rings. The molecule has 0 saturated carbocycles. The average molecular weight is 520 g/mol. The van der Waals surface area contributed by atoms with Crippen molar-refractivity contribution in [2.24, 2.45) is 0 Å². The first-order valence-electron chi connectivity index (χ1n) is 14.6. The lowest BCUT2D eigenvalue weighted by Gasteiger charge is -2.16. The Morgan fingerprint density at radius 1 is 0.692 bits per heavy atom. The summed E-state index contributed by atoms with van der Waals surface area (Å²) in [5, 5.41) is 2.63. The summed E-state index contributed by atoms with van der Waals surface area (Å²) in [6, 6.07) is 33.9. The largest absolute Gasteiger partial charge is 0.309 e. The van der Waals surface area contributed by atoms with Gasteiger partial charge in [-0.1, -0.05) is 106 Å². The van der Waals surface area contributed by atoms with Crippen molar-refractivity contribution in [3.63, 3.8) is 0 Å². The molecular weight excluding hydrogens is 472 g/mol. The third-order valence-electron chi connectivity index (χ3n) is 6.99. The zero-order valence-corrected chi connectivity index (χ0v) is 25.4. The smallest absolute Gasteiger partial charge is 0.209 e. The Kier molecular flexibility index (Phi) is 11.3. The van der Waals surface area contributed by atoms with Crippen LogP contribution in [0.4, 0.5) is 5.69 Å². The predicted molar refractivity (Wildman–Crippen MR) is 171 cm³/mol. The van der Waals surface area contributed by atoms with Crippen LogP contribution in [0.15, 0.2) is 91.0 Å². The first-order chi connectivity index (χ1) is 19.0. The van der Waals surface area contributed by atoms with Gasteiger partial charge in [-0.3, -0.25) is 0 Å². The molecule has 1 aliphatic heterocycles. The van der Waals surface area contributed by atoms with Crippen LogP contribution >= 0.6 is 0 Å². The van der Waals surface area contributed by atoms with Crippen LogP contribution in [0, 0.1) is 13.8 Å². The Labute approximate surface area is 237 Å². The molecule has 2 nitrogen and oxygen atoms in total. The second kappa shape index (κ2) is 14.6. The van der Waals surface area contributed by atoms with Gasteiger partial charge < -0.3 is 4.90 Å². The molecule has 4 aromatic rings. The van der Waals surface area contributed by atoms with Gasteiger partial charge in [0.1, 0.15) is 0 Å². The first kappa shape index (κ1) is 30.1. The molecule has 0 aliphatic carbocycles. The summed E-state index contributed by atoms with van der Waals surface area (Å²) in [5.74, 6) is 0. The fraction of sp³-hybridized carbons (Fsp3) is 0.324. The van der Waals surface area contributed by atoms with E-state index in [4.69, 9.17) is 0 Å². The number of para-hydroxylation sites is 1. The third kappa shape index (κ3) is 7.34. The summed E-state index contributed by atoms with van der Waals surface area (Å²) in [7, 11) is 4.30. The Balaban J connectivity index is 0.00000100. The van der Waals surface area contributed by atoms with Crippen LogP contribution in [0.25, 0.3) is 5.57 Å². The summed E-state index contributed by atoms with van der Waals surface area (Å²) < 4.78 is 2.53. The quantitative estimate of drug-likeness (QED) is 0.243. The first-order valence-corrected chi connectivity index (χ1v) is 14.6. The maximum absolute atomic E-state index is 2.53. The molecule has 0 unspecified atom stereocenters. The van der Waals surface area contributed by atoms with Gasteiger partial charge in [0.15, 0.2) is 6.54 Å². The van der Waals surface area contributed by atoms with Crippen molar-refractivity contribution in [2.75, 3.05) is 27.2 Å². The van der Waals surface area contributed by atoms with E-state index >= 15 is 0 Å². The molecule has 2 heteroatoms. The third-order valence-corrected chi connectivity index (χ3v) is 6.99. The van der Waals surface area contributed by atoms with E-state index in [-0.39, 0.29) is 0 Å². The molecule has 0 amide bonds. The molecule has 4 aromatic carbocycles. The highest BCUT2D eigenvalue weighted by Crippen LogP contribution is 2.24. The summed E-state index contributed by atoms with van der Waals surface area (Å²) in [4.78, 5) is 2.27. The number of hydrogen-bond acceptors (Lipinski definition) is 1. The summed E-state index contributed by atoms with van der Waals surface area (Å²) in [6.07, 6.45) is 2.10. The molecule has 0 saturated heterocycles. The highest BCUT2D eigenvalue weighted by Gasteiger charge is 2.23. The molecular formula is C37H47N2+. The Hall–Kier alpha value is -3.49. The maximum atomic E-state index is 2.53. The van der Waals surface area contributed by atoms with Crippen molar-refractivity contribution in [1.29, 1.82) is 0 Å². The van der Waals surface area contributed by atoms with E-state index in [2.05, 4.69) is 128 Å². The molecule has 0 atom stereocenters. The van der Waals surface area contributed by atoms with Crippen molar-refractivity contribution in [3.8, 4) is 0 Å². The lowest BCUT2D eigenvalue weighted by Crippen LogP contribution is -2.36.